The molecule has 0 spiro atoms. The number of nitrogens with two attached hydrogens (primary N) is 1. The molecular weight excluding hydrogens is 560 g/mol. The average Bonchev–Trinajstić information content (AvgIpc) is 3.29. The van der Waals surface area contributed by atoms with Gasteiger partial charge in [-0.3, -0.25) is 9.59 Å². The van der Waals surface area contributed by atoms with E-state index in [1.807, 2.05) is 6.07 Å². The van der Waals surface area contributed by atoms with Crippen molar-refractivity contribution in [2.24, 2.45) is 5.73 Å². The number of amides is 2. The van der Waals surface area contributed by atoms with E-state index in [0.717, 1.165) is 17.4 Å². The van der Waals surface area contributed by atoms with Crippen LogP contribution in [-0.2, 0) is 33.9 Å². The summed E-state index contributed by atoms with van der Waals surface area (Å²) >= 11 is 4.97. The highest BCUT2D eigenvalue weighted by Crippen LogP contribution is 2.38. The number of nitrogens with one attached hydrogen (secondary N) is 1. The predicted octanol–water partition coefficient (Wildman–Crippen LogP) is 3.78. The smallest absolute Gasteiger partial charge is 0.269 e. The molecule has 1 aromatic heterocycles. The van der Waals surface area contributed by atoms with Gasteiger partial charge < -0.3 is 15.6 Å². The molecule has 0 saturated carbocycles. The molecule has 9 nitrogen and oxygen atoms in total. The van der Waals surface area contributed by atoms with Crippen LogP contribution in [0, 0.1) is 0 Å². The zero-order valence-electron chi connectivity index (χ0n) is 20.9. The first kappa shape index (κ1) is 26.9. The molecule has 2 amide bonds. The van der Waals surface area contributed by atoms with Gasteiger partial charge in [0.1, 0.15) is 6.26 Å². The second-order valence-corrected chi connectivity index (χ2v) is 12.9. The maximum Gasteiger partial charge on any atom is 0.269 e. The number of halogens is 1. The van der Waals surface area contributed by atoms with Crippen LogP contribution in [0.3, 0.4) is 0 Å². The Kier molecular flexibility index (Phi) is 7.02. The number of hydrogen-bond acceptors (Lipinski definition) is 6. The van der Waals surface area contributed by atoms with Crippen LogP contribution in [-0.4, -0.2) is 47.1 Å². The number of primary amides is 1. The Morgan fingerprint density at radius 1 is 1.08 bits per heavy atom. The first-order valence-corrected chi connectivity index (χ1v) is 15.6. The predicted molar refractivity (Wildman–Crippen MR) is 150 cm³/mol. The molecule has 1 aliphatic rings. The normalized spacial score (nSPS) is 13.3. The molecule has 12 heteroatoms. The minimum atomic E-state index is -3.40. The lowest BCUT2D eigenvalue weighted by atomic mass is 9.88. The Hall–Kier alpha value is -3.64. The van der Waals surface area contributed by atoms with Gasteiger partial charge in [-0.2, -0.15) is 5.10 Å². The van der Waals surface area contributed by atoms with Crippen molar-refractivity contribution in [1.82, 2.24) is 9.78 Å². The molecule has 39 heavy (non-hydrogen) atoms. The van der Waals surface area contributed by atoms with Gasteiger partial charge in [0.15, 0.2) is 20.4 Å². The maximum atomic E-state index is 13.1. The van der Waals surface area contributed by atoms with Crippen molar-refractivity contribution in [2.45, 2.75) is 22.6 Å². The Bertz CT molecular complexity index is 1750. The fourth-order valence-corrected chi connectivity index (χ4v) is 5.97. The SMILES string of the molecule is C[S+]([O-])c1ccc(Cl)c(C(=O)Nc2ccc3c(c2)-c2c(c(C(N)=O)nn2-c2ccc(S(C)(=O)=O)cc2)CC3)c1. The molecule has 0 radical (unpaired) electrons. The molecule has 5 rings (SSSR count). The lowest BCUT2D eigenvalue weighted by Gasteiger charge is -2.20. The third-order valence-corrected chi connectivity index (χ3v) is 8.88. The van der Waals surface area contributed by atoms with Crippen LogP contribution in [0.1, 0.15) is 32.0 Å². The second kappa shape index (κ2) is 10.2. The average molecular weight is 583 g/mol. The summed E-state index contributed by atoms with van der Waals surface area (Å²) in [6, 6.07) is 16.3. The van der Waals surface area contributed by atoms with Crippen molar-refractivity contribution in [1.29, 1.82) is 0 Å². The lowest BCUT2D eigenvalue weighted by Crippen LogP contribution is -2.16. The number of benzene rings is 3. The van der Waals surface area contributed by atoms with Gasteiger partial charge in [-0.25, -0.2) is 13.1 Å². The summed E-state index contributed by atoms with van der Waals surface area (Å²) in [5, 5.41) is 7.56. The third-order valence-electron chi connectivity index (χ3n) is 6.51. The molecule has 0 fully saturated rings. The minimum Gasteiger partial charge on any atom is -0.612 e. The van der Waals surface area contributed by atoms with E-state index in [-0.39, 0.29) is 21.2 Å². The number of aryl methyl sites for hydroxylation is 1. The number of rotatable bonds is 6. The fraction of sp³-hybridized carbons (Fsp3) is 0.148. The molecule has 3 N–H and O–H groups in total. The van der Waals surface area contributed by atoms with Crippen LogP contribution in [0.2, 0.25) is 5.02 Å². The molecule has 4 aromatic rings. The molecule has 200 valence electrons. The van der Waals surface area contributed by atoms with E-state index >= 15 is 0 Å². The van der Waals surface area contributed by atoms with Gasteiger partial charge in [0.05, 0.1) is 26.9 Å². The standard InChI is InChI=1S/C27H23ClN4O5S2/c1-38(35)18-8-12-23(28)22(14-18)27(34)30-16-5-3-15-4-11-20-24(26(29)33)31-32(25(20)21(15)13-16)17-6-9-19(10-7-17)39(2,36)37/h3,5-10,12-14H,4,11H2,1-2H3,(H2,29,33)(H,30,34). The highest BCUT2D eigenvalue weighted by Gasteiger charge is 2.29. The highest BCUT2D eigenvalue weighted by atomic mass is 35.5. The van der Waals surface area contributed by atoms with Crippen LogP contribution < -0.4 is 11.1 Å². The molecule has 1 aliphatic carbocycles. The first-order valence-electron chi connectivity index (χ1n) is 11.7. The van der Waals surface area contributed by atoms with Gasteiger partial charge in [0, 0.05) is 29.1 Å². The molecule has 1 heterocycles. The third kappa shape index (κ3) is 5.18. The largest absolute Gasteiger partial charge is 0.612 e. The van der Waals surface area contributed by atoms with E-state index in [2.05, 4.69) is 10.4 Å². The maximum absolute atomic E-state index is 13.1. The van der Waals surface area contributed by atoms with Crippen molar-refractivity contribution in [3.05, 3.63) is 88.1 Å². The Morgan fingerprint density at radius 3 is 2.44 bits per heavy atom. The molecule has 0 saturated heterocycles. The topological polar surface area (TPSA) is 147 Å². The number of aromatic nitrogens is 2. The van der Waals surface area contributed by atoms with E-state index in [1.165, 1.54) is 30.5 Å². The Labute approximate surface area is 233 Å². The summed E-state index contributed by atoms with van der Waals surface area (Å²) in [5.74, 6) is -1.14. The first-order chi connectivity index (χ1) is 18.4. The monoisotopic (exact) mass is 582 g/mol. The fourth-order valence-electron chi connectivity index (χ4n) is 4.59. The summed E-state index contributed by atoms with van der Waals surface area (Å²) in [6.45, 7) is 0. The van der Waals surface area contributed by atoms with Gasteiger partial charge in [-0.05, 0) is 78.1 Å². The van der Waals surface area contributed by atoms with Crippen molar-refractivity contribution in [3.63, 3.8) is 0 Å². The van der Waals surface area contributed by atoms with Crippen molar-refractivity contribution in [3.8, 4) is 16.9 Å². The van der Waals surface area contributed by atoms with Gasteiger partial charge >= 0.3 is 0 Å². The van der Waals surface area contributed by atoms with Crippen molar-refractivity contribution < 1.29 is 22.6 Å². The van der Waals surface area contributed by atoms with Crippen LogP contribution in [0.15, 0.2) is 70.5 Å². The van der Waals surface area contributed by atoms with E-state index in [1.54, 1.807) is 35.0 Å². The zero-order chi connectivity index (χ0) is 28.1. The van der Waals surface area contributed by atoms with Crippen LogP contribution in [0.5, 0.6) is 0 Å². The summed E-state index contributed by atoms with van der Waals surface area (Å²) < 4.78 is 37.3. The van der Waals surface area contributed by atoms with Crippen molar-refractivity contribution >= 4 is 50.1 Å². The molecular formula is C27H23ClN4O5S2. The van der Waals surface area contributed by atoms with Crippen molar-refractivity contribution in [2.75, 3.05) is 17.8 Å². The number of carbonyl (C=O) groups excluding carboxylic acids is 2. The zero-order valence-corrected chi connectivity index (χ0v) is 23.3. The van der Waals surface area contributed by atoms with Crippen LogP contribution >= 0.6 is 11.6 Å². The van der Waals surface area contributed by atoms with Gasteiger partial charge in [0.2, 0.25) is 0 Å². The Morgan fingerprint density at radius 2 is 1.79 bits per heavy atom. The second-order valence-electron chi connectivity index (χ2n) is 9.14. The molecule has 1 atom stereocenters. The van der Waals surface area contributed by atoms with Crippen LogP contribution in [0.4, 0.5) is 5.69 Å². The number of hydrogen-bond donors (Lipinski definition) is 2. The number of anilines is 1. The molecule has 3 aromatic carbocycles. The number of fused-ring (bicyclic) bond motifs is 3. The Balaban J connectivity index is 1.58. The van der Waals surface area contributed by atoms with Gasteiger partial charge in [-0.1, -0.05) is 17.7 Å². The highest BCUT2D eigenvalue weighted by molar-refractivity contribution is 7.91. The van der Waals surface area contributed by atoms with E-state index in [4.69, 9.17) is 17.3 Å². The number of nitrogens with zero attached hydrogens (tertiary/aromatic N) is 2. The van der Waals surface area contributed by atoms with E-state index < -0.39 is 32.8 Å². The van der Waals surface area contributed by atoms with Gasteiger partial charge in [-0.15, -0.1) is 0 Å². The lowest BCUT2D eigenvalue weighted by molar-refractivity contribution is 0.0992. The van der Waals surface area contributed by atoms with E-state index in [9.17, 15) is 22.6 Å². The quantitative estimate of drug-likeness (QED) is 0.331. The van der Waals surface area contributed by atoms with E-state index in [0.29, 0.717) is 40.4 Å². The molecule has 0 bridgehead atoms. The summed E-state index contributed by atoms with van der Waals surface area (Å²) in [7, 11) is -3.40. The summed E-state index contributed by atoms with van der Waals surface area (Å²) in [5.41, 5.74) is 10.0. The number of carbonyl (C=O) groups is 2. The number of sulfone groups is 1. The molecule has 1 unspecified atom stereocenters. The minimum absolute atomic E-state index is 0.133. The summed E-state index contributed by atoms with van der Waals surface area (Å²) in [4.78, 5) is 26.0. The summed E-state index contributed by atoms with van der Waals surface area (Å²) in [6.07, 6.45) is 3.81. The van der Waals surface area contributed by atoms with Crippen LogP contribution in [0.25, 0.3) is 16.9 Å². The molecule has 0 aliphatic heterocycles. The van der Waals surface area contributed by atoms with Gasteiger partial charge in [0.25, 0.3) is 11.8 Å².